The van der Waals surface area contributed by atoms with Gasteiger partial charge in [0.1, 0.15) is 0 Å². The molecule has 1 saturated carbocycles. The number of nitrogens with two attached hydrogens (primary N) is 1. The quantitative estimate of drug-likeness (QED) is 0.717. The van der Waals surface area contributed by atoms with E-state index in [2.05, 4.69) is 0 Å². The molecule has 0 unspecified atom stereocenters. The van der Waals surface area contributed by atoms with Gasteiger partial charge in [-0.2, -0.15) is 0 Å². The Labute approximate surface area is 90.5 Å². The van der Waals surface area contributed by atoms with Crippen LogP contribution in [0.4, 0.5) is 0 Å². The average molecular weight is 234 g/mol. The predicted molar refractivity (Wildman–Crippen MR) is 57.6 cm³/mol. The Kier molecular flexibility index (Phi) is 3.72. The molecule has 0 aromatic rings. The van der Waals surface area contributed by atoms with Gasteiger partial charge in [-0.05, 0) is 12.8 Å². The lowest BCUT2D eigenvalue weighted by Gasteiger charge is -2.34. The van der Waals surface area contributed by atoms with Gasteiger partial charge in [-0.3, -0.25) is 9.52 Å². The zero-order valence-electron chi connectivity index (χ0n) is 8.95. The van der Waals surface area contributed by atoms with E-state index in [0.29, 0.717) is 12.8 Å². The minimum Gasteiger partial charge on any atom is -0.329 e. The summed E-state index contributed by atoms with van der Waals surface area (Å²) < 4.78 is 24.0. The van der Waals surface area contributed by atoms with E-state index in [4.69, 9.17) is 5.73 Å². The zero-order valence-corrected chi connectivity index (χ0v) is 9.77. The average Bonchev–Trinajstić information content (AvgIpc) is 2.16. The van der Waals surface area contributed by atoms with Gasteiger partial charge in [-0.15, -0.1) is 0 Å². The van der Waals surface area contributed by atoms with Gasteiger partial charge in [0, 0.05) is 6.54 Å². The molecule has 3 N–H and O–H groups in total. The summed E-state index contributed by atoms with van der Waals surface area (Å²) in [6.45, 7) is 0.217. The number of nitrogens with one attached hydrogen (secondary N) is 1. The number of hydrogen-bond donors (Lipinski definition) is 2. The Hall–Kier alpha value is -0.620. The highest BCUT2D eigenvalue weighted by Gasteiger charge is 2.39. The van der Waals surface area contributed by atoms with Crippen molar-refractivity contribution >= 4 is 15.9 Å². The maximum absolute atomic E-state index is 11.8. The fraction of sp³-hybridized carbons (Fsp3) is 0.889. The molecule has 88 valence electrons. The highest BCUT2D eigenvalue weighted by molar-refractivity contribution is 7.89. The van der Waals surface area contributed by atoms with Gasteiger partial charge >= 0.3 is 0 Å². The Morgan fingerprint density at radius 2 is 1.87 bits per heavy atom. The fourth-order valence-electron chi connectivity index (χ4n) is 2.03. The van der Waals surface area contributed by atoms with Gasteiger partial charge in [0.05, 0.1) is 11.7 Å². The van der Waals surface area contributed by atoms with E-state index in [1.807, 2.05) is 4.72 Å². The Morgan fingerprint density at radius 1 is 1.33 bits per heavy atom. The van der Waals surface area contributed by atoms with Crippen molar-refractivity contribution in [3.63, 3.8) is 0 Å². The molecule has 0 radical (unpaired) electrons. The van der Waals surface area contributed by atoms with Gasteiger partial charge in [0.2, 0.25) is 15.9 Å². The smallest absolute Gasteiger partial charge is 0.240 e. The normalized spacial score (nSPS) is 20.9. The first kappa shape index (κ1) is 12.4. The molecule has 1 rings (SSSR count). The van der Waals surface area contributed by atoms with Crippen molar-refractivity contribution in [2.45, 2.75) is 32.1 Å². The first-order valence-corrected chi connectivity index (χ1v) is 7.01. The summed E-state index contributed by atoms with van der Waals surface area (Å²) in [4.78, 5) is 11.8. The predicted octanol–water partition coefficient (Wildman–Crippen LogP) is -0.0286. The summed E-state index contributed by atoms with van der Waals surface area (Å²) in [6.07, 6.45) is 5.32. The highest BCUT2D eigenvalue weighted by Crippen LogP contribution is 2.35. The maximum atomic E-state index is 11.8. The summed E-state index contributed by atoms with van der Waals surface area (Å²) in [6, 6.07) is 0. The molecule has 0 aromatic heterocycles. The van der Waals surface area contributed by atoms with Gasteiger partial charge in [0.15, 0.2) is 0 Å². The van der Waals surface area contributed by atoms with Crippen LogP contribution in [0.1, 0.15) is 32.1 Å². The van der Waals surface area contributed by atoms with Gasteiger partial charge < -0.3 is 5.73 Å². The summed E-state index contributed by atoms with van der Waals surface area (Å²) in [7, 11) is -3.48. The fourth-order valence-corrected chi connectivity index (χ4v) is 2.58. The number of carbonyl (C=O) groups excluding carboxylic acids is 1. The van der Waals surface area contributed by atoms with Crippen molar-refractivity contribution in [2.75, 3.05) is 12.8 Å². The summed E-state index contributed by atoms with van der Waals surface area (Å²) in [5, 5.41) is 0. The zero-order chi connectivity index (χ0) is 11.5. The molecule has 0 saturated heterocycles. The van der Waals surface area contributed by atoms with Crippen LogP contribution in [0.25, 0.3) is 0 Å². The second kappa shape index (κ2) is 4.49. The lowest BCUT2D eigenvalue weighted by atomic mass is 9.73. The second-order valence-corrected chi connectivity index (χ2v) is 6.00. The lowest BCUT2D eigenvalue weighted by molar-refractivity contribution is -0.130. The first-order valence-electron chi connectivity index (χ1n) is 5.12. The topological polar surface area (TPSA) is 89.3 Å². The molecule has 1 amide bonds. The molecule has 1 fully saturated rings. The second-order valence-electron chi connectivity index (χ2n) is 4.25. The minimum absolute atomic E-state index is 0.217. The van der Waals surface area contributed by atoms with Crippen molar-refractivity contribution in [1.82, 2.24) is 4.72 Å². The van der Waals surface area contributed by atoms with Crippen molar-refractivity contribution in [3.05, 3.63) is 0 Å². The number of rotatable bonds is 3. The van der Waals surface area contributed by atoms with Gasteiger partial charge in [-0.25, -0.2) is 8.42 Å². The van der Waals surface area contributed by atoms with Crippen LogP contribution in [-0.4, -0.2) is 27.1 Å². The molecule has 0 aromatic carbocycles. The summed E-state index contributed by atoms with van der Waals surface area (Å²) in [5.74, 6) is -0.438. The van der Waals surface area contributed by atoms with Crippen LogP contribution < -0.4 is 10.5 Å². The van der Waals surface area contributed by atoms with Crippen LogP contribution in [0.15, 0.2) is 0 Å². The molecule has 0 heterocycles. The van der Waals surface area contributed by atoms with Crippen LogP contribution in [0.5, 0.6) is 0 Å². The van der Waals surface area contributed by atoms with Crippen molar-refractivity contribution < 1.29 is 13.2 Å². The summed E-state index contributed by atoms with van der Waals surface area (Å²) in [5.41, 5.74) is 4.94. The van der Waals surface area contributed by atoms with Crippen LogP contribution in [0.3, 0.4) is 0 Å². The van der Waals surface area contributed by atoms with Crippen LogP contribution >= 0.6 is 0 Å². The Bertz CT molecular complexity index is 331. The largest absolute Gasteiger partial charge is 0.329 e. The molecule has 6 heteroatoms. The summed E-state index contributed by atoms with van der Waals surface area (Å²) >= 11 is 0. The molecular weight excluding hydrogens is 216 g/mol. The maximum Gasteiger partial charge on any atom is 0.240 e. The van der Waals surface area contributed by atoms with E-state index in [-0.39, 0.29) is 6.54 Å². The molecule has 0 atom stereocenters. The van der Waals surface area contributed by atoms with E-state index < -0.39 is 21.3 Å². The standard InChI is InChI=1S/C9H18N2O3S/c1-15(13,14)11-8(12)9(7-10)5-3-2-4-6-9/h2-7,10H2,1H3,(H,11,12). The van der Waals surface area contributed by atoms with E-state index in [1.54, 1.807) is 0 Å². The Morgan fingerprint density at radius 3 is 2.27 bits per heavy atom. The molecule has 0 aliphatic heterocycles. The van der Waals surface area contributed by atoms with Crippen LogP contribution in [0, 0.1) is 5.41 Å². The van der Waals surface area contributed by atoms with Crippen molar-refractivity contribution in [1.29, 1.82) is 0 Å². The third-order valence-corrected chi connectivity index (χ3v) is 3.52. The van der Waals surface area contributed by atoms with Gasteiger partial charge in [0.25, 0.3) is 0 Å². The molecule has 1 aliphatic carbocycles. The van der Waals surface area contributed by atoms with Crippen molar-refractivity contribution in [3.8, 4) is 0 Å². The van der Waals surface area contributed by atoms with Crippen molar-refractivity contribution in [2.24, 2.45) is 11.1 Å². The SMILES string of the molecule is CS(=O)(=O)NC(=O)C1(CN)CCCCC1. The van der Waals surface area contributed by atoms with E-state index in [1.165, 1.54) is 0 Å². The third kappa shape index (κ3) is 3.17. The Balaban J connectivity index is 2.77. The molecule has 1 aliphatic rings. The van der Waals surface area contributed by atoms with Crippen LogP contribution in [-0.2, 0) is 14.8 Å². The molecule has 15 heavy (non-hydrogen) atoms. The minimum atomic E-state index is -3.48. The number of amides is 1. The number of sulfonamides is 1. The monoisotopic (exact) mass is 234 g/mol. The first-order chi connectivity index (χ1) is 6.90. The van der Waals surface area contributed by atoms with E-state index in [9.17, 15) is 13.2 Å². The number of carbonyl (C=O) groups is 1. The van der Waals surface area contributed by atoms with E-state index in [0.717, 1.165) is 25.5 Å². The lowest BCUT2D eigenvalue weighted by Crippen LogP contribution is -2.48. The van der Waals surface area contributed by atoms with Crippen LogP contribution in [0.2, 0.25) is 0 Å². The molecule has 5 nitrogen and oxygen atoms in total. The van der Waals surface area contributed by atoms with E-state index >= 15 is 0 Å². The number of hydrogen-bond acceptors (Lipinski definition) is 4. The molecule has 0 spiro atoms. The van der Waals surface area contributed by atoms with Gasteiger partial charge in [-0.1, -0.05) is 19.3 Å². The molecular formula is C9H18N2O3S. The molecule has 0 bridgehead atoms. The highest BCUT2D eigenvalue weighted by atomic mass is 32.2. The third-order valence-electron chi connectivity index (χ3n) is 2.96.